The van der Waals surface area contributed by atoms with Crippen LogP contribution < -0.4 is 39.6 Å². The summed E-state index contributed by atoms with van der Waals surface area (Å²) in [5.41, 5.74) is 6.95. The molecule has 0 bridgehead atoms. The van der Waals surface area contributed by atoms with Crippen LogP contribution >= 0.6 is 4.13 Å². The molecule has 12 nitrogen and oxygen atoms in total. The van der Waals surface area contributed by atoms with Gasteiger partial charge in [-0.3, -0.25) is 0 Å². The summed E-state index contributed by atoms with van der Waals surface area (Å²) in [7, 11) is 3.66. The molecule has 16 heteroatoms. The first-order valence-corrected chi connectivity index (χ1v) is 20.9. The number of hydrogen-bond donors (Lipinski definition) is 2. The third-order valence-electron chi connectivity index (χ3n) is 6.98. The fourth-order valence-corrected chi connectivity index (χ4v) is 11.6. The Kier molecular flexibility index (Phi) is 10.2. The molecule has 0 unspecified atom stereocenters. The molecule has 5 atom stereocenters. The number of esters is 1. The Labute approximate surface area is 276 Å². The van der Waals surface area contributed by atoms with Crippen molar-refractivity contribution in [3.8, 4) is 5.75 Å². The molecular formula is C29H37FIN7O5PS-. The molecule has 244 valence electrons. The SMILES string of the molecule is CC(C)OC(=O)[C@@H](C)N[I-][P@@](=S)(OC[C@]1(F)C[C@H](C)[C@H](n2cnc3c(N(C)C)nc(N)nc32)O1)Oc1cccc2ccccc12. The fourth-order valence-electron chi connectivity index (χ4n) is 4.95. The molecule has 2 aromatic carbocycles. The summed E-state index contributed by atoms with van der Waals surface area (Å²) < 4.78 is 42.1. The Hall–Kier alpha value is -2.69. The molecule has 5 rings (SSSR count). The number of aromatic nitrogens is 4. The summed E-state index contributed by atoms with van der Waals surface area (Å²) in [6, 6.07) is 12.7. The van der Waals surface area contributed by atoms with E-state index < -0.39 is 55.8 Å². The Morgan fingerprint density at radius 2 is 2.00 bits per heavy atom. The molecule has 45 heavy (non-hydrogen) atoms. The number of anilines is 2. The molecule has 0 saturated carbocycles. The quantitative estimate of drug-likeness (QED) is 0.0945. The summed E-state index contributed by atoms with van der Waals surface area (Å²) in [6.07, 6.45) is 0.589. The van der Waals surface area contributed by atoms with Crippen molar-refractivity contribution in [1.29, 1.82) is 0 Å². The average Bonchev–Trinajstić information content (AvgIpc) is 3.54. The van der Waals surface area contributed by atoms with Gasteiger partial charge >= 0.3 is 277 Å². The second-order valence-electron chi connectivity index (χ2n) is 11.4. The van der Waals surface area contributed by atoms with E-state index in [9.17, 15) is 4.79 Å². The third-order valence-corrected chi connectivity index (χ3v) is 15.0. The van der Waals surface area contributed by atoms with E-state index in [1.165, 1.54) is 0 Å². The predicted octanol–water partition coefficient (Wildman–Crippen LogP) is 2.10. The number of alkyl halides is 1. The monoisotopic (exact) mass is 772 g/mol. The van der Waals surface area contributed by atoms with Gasteiger partial charge in [0.2, 0.25) is 0 Å². The van der Waals surface area contributed by atoms with Crippen LogP contribution in [0.5, 0.6) is 5.75 Å². The van der Waals surface area contributed by atoms with Gasteiger partial charge in [-0.1, -0.05) is 0 Å². The molecule has 2 aromatic heterocycles. The number of fused-ring (bicyclic) bond motifs is 2. The van der Waals surface area contributed by atoms with E-state index >= 15 is 4.39 Å². The fraction of sp³-hybridized carbons (Fsp3) is 0.448. The second-order valence-corrected chi connectivity index (χ2v) is 22.1. The normalized spacial score (nSPS) is 22.1. The molecule has 0 amide bonds. The van der Waals surface area contributed by atoms with Crippen LogP contribution in [-0.2, 0) is 30.6 Å². The number of benzene rings is 2. The van der Waals surface area contributed by atoms with Gasteiger partial charge in [0.15, 0.2) is 0 Å². The van der Waals surface area contributed by atoms with E-state index in [0.29, 0.717) is 22.7 Å². The Morgan fingerprint density at radius 1 is 1.27 bits per heavy atom. The first-order valence-electron chi connectivity index (χ1n) is 14.4. The number of nitrogen functional groups attached to an aromatic ring is 1. The zero-order valence-electron chi connectivity index (χ0n) is 25.8. The Morgan fingerprint density at radius 3 is 2.73 bits per heavy atom. The van der Waals surface area contributed by atoms with E-state index in [1.54, 1.807) is 36.6 Å². The first-order chi connectivity index (χ1) is 21.3. The number of ether oxygens (including phenoxy) is 2. The van der Waals surface area contributed by atoms with Crippen LogP contribution in [0, 0.1) is 5.92 Å². The van der Waals surface area contributed by atoms with Crippen molar-refractivity contribution >= 4 is 55.6 Å². The summed E-state index contributed by atoms with van der Waals surface area (Å²) in [5.74, 6) is -1.72. The number of imidazole rings is 1. The van der Waals surface area contributed by atoms with Gasteiger partial charge in [-0.05, 0) is 0 Å². The number of halogens is 2. The van der Waals surface area contributed by atoms with Crippen molar-refractivity contribution in [3.63, 3.8) is 0 Å². The molecule has 0 spiro atoms. The van der Waals surface area contributed by atoms with Gasteiger partial charge in [0.1, 0.15) is 0 Å². The number of carbonyl (C=O) groups is 1. The maximum absolute atomic E-state index is 16.5. The predicted molar refractivity (Wildman–Crippen MR) is 170 cm³/mol. The van der Waals surface area contributed by atoms with Gasteiger partial charge in [0.05, 0.1) is 0 Å². The molecule has 1 saturated heterocycles. The van der Waals surface area contributed by atoms with Gasteiger partial charge in [-0.15, -0.1) is 0 Å². The summed E-state index contributed by atoms with van der Waals surface area (Å²) >= 11 is 4.72. The molecule has 1 aliphatic heterocycles. The molecule has 3 heterocycles. The van der Waals surface area contributed by atoms with Gasteiger partial charge in [-0.25, -0.2) is 0 Å². The zero-order valence-corrected chi connectivity index (χ0v) is 29.7. The van der Waals surface area contributed by atoms with Crippen molar-refractivity contribution < 1.29 is 48.6 Å². The number of hydrogen-bond acceptors (Lipinski definition) is 12. The van der Waals surface area contributed by atoms with Gasteiger partial charge in [-0.2, -0.15) is 0 Å². The summed E-state index contributed by atoms with van der Waals surface area (Å²) in [4.78, 5) is 27.4. The molecule has 0 radical (unpaired) electrons. The minimum atomic E-state index is -3.19. The molecule has 3 N–H and O–H groups in total. The van der Waals surface area contributed by atoms with Crippen molar-refractivity contribution in [2.75, 3.05) is 31.3 Å². The van der Waals surface area contributed by atoms with E-state index in [1.807, 2.05) is 63.5 Å². The Balaban J connectivity index is 1.37. The van der Waals surface area contributed by atoms with Crippen LogP contribution in [0.25, 0.3) is 21.9 Å². The van der Waals surface area contributed by atoms with Crippen LogP contribution in [-0.4, -0.2) is 64.2 Å². The summed E-state index contributed by atoms with van der Waals surface area (Å²) in [5, 5.41) is 1.81. The number of nitrogens with zero attached hydrogens (tertiary/aromatic N) is 5. The van der Waals surface area contributed by atoms with Crippen LogP contribution in [0.1, 0.15) is 40.3 Å². The number of nitrogens with two attached hydrogens (primary N) is 1. The standard InChI is InChI=1S/C29H37FIN7O5PS/c1-17(2)41-27(39)19(4)36-31-44(45,43-22-13-9-11-20-10-7-8-12-21(20)22)40-15-29(30)14-18(3)26(42-29)38-16-33-23-24(37(5)6)34-28(32)35-25(23)38/h7-13,16-19,26,36H,14-15H2,1-6H3,(H2,32,34,35)/q-1/t18-,19+,26+,29-,44+/m0/s1. The number of nitrogens with one attached hydrogen (secondary N) is 1. The average molecular weight is 773 g/mol. The van der Waals surface area contributed by atoms with Crippen LogP contribution in [0.3, 0.4) is 0 Å². The third kappa shape index (κ3) is 7.66. The Bertz CT molecular complexity index is 1740. The van der Waals surface area contributed by atoms with Gasteiger partial charge < -0.3 is 0 Å². The summed E-state index contributed by atoms with van der Waals surface area (Å²) in [6.45, 7) is 6.67. The topological polar surface area (TPSA) is 139 Å². The van der Waals surface area contributed by atoms with Crippen molar-refractivity contribution in [1.82, 2.24) is 23.0 Å². The first kappa shape index (κ1) is 33.7. The van der Waals surface area contributed by atoms with Gasteiger partial charge in [0, 0.05) is 0 Å². The van der Waals surface area contributed by atoms with E-state index in [2.05, 4.69) is 18.5 Å². The molecule has 1 aliphatic rings. The second kappa shape index (κ2) is 13.6. The van der Waals surface area contributed by atoms with Crippen molar-refractivity contribution in [2.45, 2.75) is 58.3 Å². The maximum atomic E-state index is 16.5. The van der Waals surface area contributed by atoms with Gasteiger partial charge in [0.25, 0.3) is 0 Å². The molecular weight excluding hydrogens is 735 g/mol. The van der Waals surface area contributed by atoms with Crippen LogP contribution in [0.4, 0.5) is 16.2 Å². The molecule has 4 aromatic rings. The van der Waals surface area contributed by atoms with E-state index in [-0.39, 0.29) is 24.4 Å². The zero-order chi connectivity index (χ0) is 32.5. The van der Waals surface area contributed by atoms with E-state index in [4.69, 9.17) is 36.1 Å². The van der Waals surface area contributed by atoms with Crippen molar-refractivity contribution in [3.05, 3.63) is 48.8 Å². The molecule has 0 aliphatic carbocycles. The molecule has 1 fully saturated rings. The van der Waals surface area contributed by atoms with E-state index in [0.717, 1.165) is 10.8 Å². The minimum absolute atomic E-state index is 0.0326. The van der Waals surface area contributed by atoms with Crippen LogP contribution in [0.2, 0.25) is 0 Å². The van der Waals surface area contributed by atoms with Crippen LogP contribution in [0.15, 0.2) is 48.8 Å². The number of carbonyl (C=O) groups excluding carboxylic acids is 1. The van der Waals surface area contributed by atoms with Crippen molar-refractivity contribution in [2.24, 2.45) is 5.92 Å². The number of rotatable bonds is 12.